The van der Waals surface area contributed by atoms with E-state index in [1.165, 1.54) is 18.2 Å². The van der Waals surface area contributed by atoms with Gasteiger partial charge in [-0.3, -0.25) is 10.3 Å². The Bertz CT molecular complexity index is 397. The second-order valence-electron chi connectivity index (χ2n) is 2.47. The minimum absolute atomic E-state index is 0.183. The zero-order chi connectivity index (χ0) is 9.35. The summed E-state index contributed by atoms with van der Waals surface area (Å²) in [4.78, 5) is -0.354. The number of hydrogen-bond donors (Lipinski definition) is 1. The molecular weight excluding hydrogens is 178 g/mol. The van der Waals surface area contributed by atoms with Crippen LogP contribution in [0.15, 0.2) is 23.1 Å². The van der Waals surface area contributed by atoms with Crippen LogP contribution in [-0.2, 0) is 10.1 Å². The minimum Gasteiger partial charge on any atom is -0.299 e. The van der Waals surface area contributed by atoms with Gasteiger partial charge in [-0.05, 0) is 24.6 Å². The summed E-state index contributed by atoms with van der Waals surface area (Å²) in [6, 6.07) is 4.12. The Kier molecular flexibility index (Phi) is 2.08. The number of hydrogen-bond acceptors (Lipinski definition) is 2. The SMILES string of the molecule is Cc1ccc(S(=O)(=O)O)c([NH])c1. The maximum atomic E-state index is 10.6. The zero-order valence-electron chi connectivity index (χ0n) is 6.40. The lowest BCUT2D eigenvalue weighted by Gasteiger charge is -2.00. The highest BCUT2D eigenvalue weighted by Crippen LogP contribution is 2.19. The van der Waals surface area contributed by atoms with E-state index in [-0.39, 0.29) is 10.6 Å². The first-order chi connectivity index (χ1) is 5.41. The molecule has 0 saturated heterocycles. The third-order valence-electron chi connectivity index (χ3n) is 1.41. The first-order valence-corrected chi connectivity index (χ1v) is 4.65. The number of aryl methyl sites for hydroxylation is 1. The first kappa shape index (κ1) is 9.02. The average molecular weight is 186 g/mol. The lowest BCUT2D eigenvalue weighted by atomic mass is 10.2. The van der Waals surface area contributed by atoms with E-state index in [2.05, 4.69) is 0 Å². The van der Waals surface area contributed by atoms with E-state index < -0.39 is 10.1 Å². The smallest absolute Gasteiger partial charge is 0.296 e. The summed E-state index contributed by atoms with van der Waals surface area (Å²) >= 11 is 0. The summed E-state index contributed by atoms with van der Waals surface area (Å²) in [5.74, 6) is 0. The average Bonchev–Trinajstić information content (AvgIpc) is 1.83. The molecule has 2 N–H and O–H groups in total. The van der Waals surface area contributed by atoms with Crippen LogP contribution in [-0.4, -0.2) is 13.0 Å². The lowest BCUT2D eigenvalue weighted by Crippen LogP contribution is -1.99. The van der Waals surface area contributed by atoms with E-state index in [4.69, 9.17) is 10.3 Å². The van der Waals surface area contributed by atoms with E-state index >= 15 is 0 Å². The molecule has 0 spiro atoms. The maximum absolute atomic E-state index is 10.6. The van der Waals surface area contributed by atoms with E-state index in [9.17, 15) is 8.42 Å². The molecule has 1 aromatic rings. The second kappa shape index (κ2) is 2.76. The number of benzene rings is 1. The molecule has 0 fully saturated rings. The molecule has 0 bridgehead atoms. The maximum Gasteiger partial charge on any atom is 0.296 e. The van der Waals surface area contributed by atoms with Crippen LogP contribution in [0.1, 0.15) is 5.56 Å². The second-order valence-corrected chi connectivity index (χ2v) is 3.86. The fraction of sp³-hybridized carbons (Fsp3) is 0.143. The molecule has 0 aliphatic rings. The van der Waals surface area contributed by atoms with Gasteiger partial charge < -0.3 is 0 Å². The minimum atomic E-state index is -4.24. The molecule has 0 amide bonds. The Hall–Kier alpha value is -1.07. The van der Waals surface area contributed by atoms with Gasteiger partial charge in [-0.1, -0.05) is 6.07 Å². The fourth-order valence-corrected chi connectivity index (χ4v) is 1.45. The third kappa shape index (κ3) is 1.75. The van der Waals surface area contributed by atoms with Crippen LogP contribution in [0.25, 0.3) is 0 Å². The van der Waals surface area contributed by atoms with Gasteiger partial charge >= 0.3 is 0 Å². The first-order valence-electron chi connectivity index (χ1n) is 3.21. The molecule has 0 aliphatic carbocycles. The molecule has 1 radical (unpaired) electrons. The molecule has 0 aliphatic heterocycles. The van der Waals surface area contributed by atoms with E-state index in [0.717, 1.165) is 5.56 Å². The van der Waals surface area contributed by atoms with Gasteiger partial charge in [-0.15, -0.1) is 0 Å². The Labute approximate surface area is 70.8 Å². The van der Waals surface area contributed by atoms with Crippen molar-refractivity contribution in [2.24, 2.45) is 0 Å². The van der Waals surface area contributed by atoms with Crippen molar-refractivity contribution in [3.8, 4) is 0 Å². The zero-order valence-corrected chi connectivity index (χ0v) is 7.22. The predicted octanol–water partition coefficient (Wildman–Crippen LogP) is 1.16. The molecule has 0 aromatic heterocycles. The van der Waals surface area contributed by atoms with Gasteiger partial charge in [0, 0.05) is 0 Å². The Balaban J connectivity index is 3.39. The molecule has 0 heterocycles. The van der Waals surface area contributed by atoms with Crippen molar-refractivity contribution in [2.75, 3.05) is 0 Å². The molecule has 1 aromatic carbocycles. The van der Waals surface area contributed by atoms with Crippen LogP contribution >= 0.6 is 0 Å². The Morgan fingerprint density at radius 2 is 2.00 bits per heavy atom. The summed E-state index contributed by atoms with van der Waals surface area (Å²) in [6.45, 7) is 1.74. The van der Waals surface area contributed by atoms with Crippen LogP contribution in [0.4, 0.5) is 5.69 Å². The van der Waals surface area contributed by atoms with Crippen molar-refractivity contribution in [3.05, 3.63) is 23.8 Å². The van der Waals surface area contributed by atoms with Crippen molar-refractivity contribution < 1.29 is 13.0 Å². The molecule has 0 saturated carbocycles. The monoisotopic (exact) mass is 186 g/mol. The van der Waals surface area contributed by atoms with Gasteiger partial charge in [0.2, 0.25) is 0 Å². The number of rotatable bonds is 1. The highest BCUT2D eigenvalue weighted by molar-refractivity contribution is 7.86. The molecule has 0 atom stereocenters. The molecule has 1 rings (SSSR count). The summed E-state index contributed by atoms with van der Waals surface area (Å²) < 4.78 is 29.8. The fourth-order valence-electron chi connectivity index (χ4n) is 0.869. The van der Waals surface area contributed by atoms with Gasteiger partial charge in [-0.25, -0.2) is 0 Å². The van der Waals surface area contributed by atoms with Crippen molar-refractivity contribution in [1.82, 2.24) is 5.73 Å². The highest BCUT2D eigenvalue weighted by atomic mass is 32.2. The summed E-state index contributed by atoms with van der Waals surface area (Å²) in [5, 5.41) is 0. The van der Waals surface area contributed by atoms with Gasteiger partial charge in [0.1, 0.15) is 4.90 Å². The quantitative estimate of drug-likeness (QED) is 0.668. The Morgan fingerprint density at radius 3 is 2.42 bits per heavy atom. The summed E-state index contributed by atoms with van der Waals surface area (Å²) in [7, 11) is -4.24. The molecular formula is C7H8NO3S. The summed E-state index contributed by atoms with van der Waals surface area (Å²) in [5.41, 5.74) is 7.83. The summed E-state index contributed by atoms with van der Waals surface area (Å²) in [6.07, 6.45) is 0. The lowest BCUT2D eigenvalue weighted by molar-refractivity contribution is 0.483. The molecule has 65 valence electrons. The molecule has 12 heavy (non-hydrogen) atoms. The molecule has 4 nitrogen and oxygen atoms in total. The largest absolute Gasteiger partial charge is 0.299 e. The predicted molar refractivity (Wildman–Crippen MR) is 43.8 cm³/mol. The van der Waals surface area contributed by atoms with Crippen molar-refractivity contribution in [1.29, 1.82) is 0 Å². The van der Waals surface area contributed by atoms with E-state index in [1.54, 1.807) is 6.92 Å². The highest BCUT2D eigenvalue weighted by Gasteiger charge is 2.13. The topological polar surface area (TPSA) is 78.2 Å². The van der Waals surface area contributed by atoms with Gasteiger partial charge in [0.05, 0.1) is 5.69 Å². The van der Waals surface area contributed by atoms with E-state index in [1.807, 2.05) is 0 Å². The van der Waals surface area contributed by atoms with Gasteiger partial charge in [0.15, 0.2) is 0 Å². The van der Waals surface area contributed by atoms with Crippen molar-refractivity contribution in [3.63, 3.8) is 0 Å². The Morgan fingerprint density at radius 1 is 1.42 bits per heavy atom. The van der Waals surface area contributed by atoms with Crippen LogP contribution in [0.2, 0.25) is 0 Å². The molecule has 0 unspecified atom stereocenters. The molecule has 5 heteroatoms. The van der Waals surface area contributed by atoms with Crippen LogP contribution < -0.4 is 5.73 Å². The normalized spacial score (nSPS) is 11.5. The van der Waals surface area contributed by atoms with E-state index in [0.29, 0.717) is 0 Å². The van der Waals surface area contributed by atoms with Crippen molar-refractivity contribution in [2.45, 2.75) is 11.8 Å². The van der Waals surface area contributed by atoms with Crippen molar-refractivity contribution >= 4 is 15.8 Å². The number of nitrogens with one attached hydrogen (secondary N) is 1. The van der Waals surface area contributed by atoms with Crippen LogP contribution in [0.3, 0.4) is 0 Å². The van der Waals surface area contributed by atoms with Gasteiger partial charge in [-0.2, -0.15) is 8.42 Å². The van der Waals surface area contributed by atoms with Gasteiger partial charge in [0.25, 0.3) is 10.1 Å². The van der Waals surface area contributed by atoms with Crippen LogP contribution in [0, 0.1) is 6.92 Å². The third-order valence-corrected chi connectivity index (χ3v) is 2.32. The standard InChI is InChI=1S/C7H8NO3S/c1-5-2-3-7(6(8)4-5)12(9,10)11/h2-4,8H,1H3,(H,9,10,11). The van der Waals surface area contributed by atoms with Crippen LogP contribution in [0.5, 0.6) is 0 Å².